The maximum absolute atomic E-state index is 12.3. The molecule has 0 spiro atoms. The number of piperidine rings is 1. The Kier molecular flexibility index (Phi) is 4.68. The van der Waals surface area contributed by atoms with Crippen LogP contribution in [0.5, 0.6) is 11.9 Å². The molecule has 6 nitrogen and oxygen atoms in total. The molecule has 1 aromatic rings. The van der Waals surface area contributed by atoms with E-state index < -0.39 is 0 Å². The highest BCUT2D eigenvalue weighted by atomic mass is 16.5. The Morgan fingerprint density at radius 1 is 1.06 bits per heavy atom. The number of fused-ring (bicyclic) bond motifs is 5. The smallest absolute Gasteiger partial charge is 0.319 e. The van der Waals surface area contributed by atoms with Crippen molar-refractivity contribution in [3.63, 3.8) is 0 Å². The molecule has 0 bridgehead atoms. The number of likely N-dealkylation sites (tertiary alicyclic amines) is 1. The first kappa shape index (κ1) is 20.5. The molecule has 1 amide bonds. The number of amides is 1. The lowest BCUT2D eigenvalue weighted by Gasteiger charge is -2.58. The second-order valence-corrected chi connectivity index (χ2v) is 10.2. The van der Waals surface area contributed by atoms with E-state index >= 15 is 0 Å². The van der Waals surface area contributed by atoms with Gasteiger partial charge < -0.3 is 14.4 Å². The molecule has 3 aliphatic carbocycles. The number of methoxy groups -OCH3 is 2. The minimum Gasteiger partial charge on any atom is -0.480 e. The number of ether oxygens (including phenoxy) is 2. The molecule has 1 saturated carbocycles. The van der Waals surface area contributed by atoms with Crippen LogP contribution in [0.15, 0.2) is 24.0 Å². The lowest BCUT2D eigenvalue weighted by molar-refractivity contribution is -0.135. The highest BCUT2D eigenvalue weighted by Crippen LogP contribution is 2.66. The maximum atomic E-state index is 12.3. The van der Waals surface area contributed by atoms with Crippen LogP contribution < -0.4 is 9.47 Å². The predicted molar refractivity (Wildman–Crippen MR) is 118 cm³/mol. The quantitative estimate of drug-likeness (QED) is 0.717. The summed E-state index contributed by atoms with van der Waals surface area (Å²) in [5.41, 5.74) is 3.78. The molecule has 1 aromatic heterocycles. The average Bonchev–Trinajstić information content (AvgIpc) is 3.13. The Balaban J connectivity index is 1.49. The molecular formula is C25H33N3O3. The normalized spacial score (nSPS) is 36.7. The van der Waals surface area contributed by atoms with Crippen LogP contribution in [-0.4, -0.2) is 42.0 Å². The van der Waals surface area contributed by atoms with Crippen molar-refractivity contribution in [1.82, 2.24) is 14.9 Å². The van der Waals surface area contributed by atoms with Crippen LogP contribution in [0.2, 0.25) is 0 Å². The first-order chi connectivity index (χ1) is 14.8. The molecule has 0 unspecified atom stereocenters. The minimum atomic E-state index is 0.0878. The van der Waals surface area contributed by atoms with E-state index in [2.05, 4.69) is 36.0 Å². The molecule has 1 aliphatic heterocycles. The van der Waals surface area contributed by atoms with E-state index in [4.69, 9.17) is 9.47 Å². The standard InChI is InChI=1S/C25H33N3O3/c1-24-12-10-19-15(6-9-20-25(19,2)13-11-21(29)28(20)3)17(24)7-8-18(24)16-14-26-23(31-5)27-22(16)30-4/h8-9,14-15,17,19H,6-7,10-13H2,1-5H3/t15-,17-,19-,24-,25+/m0/s1. The van der Waals surface area contributed by atoms with E-state index in [0.717, 1.165) is 31.2 Å². The fourth-order valence-corrected chi connectivity index (χ4v) is 7.35. The third-order valence-electron chi connectivity index (χ3n) is 9.00. The van der Waals surface area contributed by atoms with Gasteiger partial charge in [0.1, 0.15) is 0 Å². The van der Waals surface area contributed by atoms with Crippen molar-refractivity contribution < 1.29 is 14.3 Å². The third-order valence-corrected chi connectivity index (χ3v) is 9.00. The summed E-state index contributed by atoms with van der Waals surface area (Å²) < 4.78 is 10.8. The largest absolute Gasteiger partial charge is 0.480 e. The fourth-order valence-electron chi connectivity index (χ4n) is 7.35. The summed E-state index contributed by atoms with van der Waals surface area (Å²) in [7, 11) is 5.19. The number of carbonyl (C=O) groups is 1. The number of hydrogen-bond acceptors (Lipinski definition) is 5. The maximum Gasteiger partial charge on any atom is 0.319 e. The highest BCUT2D eigenvalue weighted by molar-refractivity contribution is 5.80. The lowest BCUT2D eigenvalue weighted by atomic mass is 9.49. The molecular weight excluding hydrogens is 390 g/mol. The summed E-state index contributed by atoms with van der Waals surface area (Å²) in [5.74, 6) is 2.70. The van der Waals surface area contributed by atoms with Crippen LogP contribution in [0.4, 0.5) is 0 Å². The van der Waals surface area contributed by atoms with Gasteiger partial charge in [0.2, 0.25) is 11.8 Å². The Morgan fingerprint density at radius 3 is 2.61 bits per heavy atom. The molecule has 0 N–H and O–H groups in total. The molecule has 5 atom stereocenters. The fraction of sp³-hybridized carbons (Fsp3) is 0.640. The number of aromatic nitrogens is 2. The van der Waals surface area contributed by atoms with E-state index in [0.29, 0.717) is 36.1 Å². The van der Waals surface area contributed by atoms with E-state index in [1.807, 2.05) is 18.1 Å². The van der Waals surface area contributed by atoms with Gasteiger partial charge in [0, 0.05) is 30.8 Å². The van der Waals surface area contributed by atoms with Crippen molar-refractivity contribution in [3.8, 4) is 11.9 Å². The molecule has 31 heavy (non-hydrogen) atoms. The van der Waals surface area contributed by atoms with Crippen LogP contribution in [0, 0.1) is 28.6 Å². The van der Waals surface area contributed by atoms with E-state index in [9.17, 15) is 4.79 Å². The van der Waals surface area contributed by atoms with Crippen molar-refractivity contribution in [3.05, 3.63) is 29.6 Å². The topological polar surface area (TPSA) is 64.5 Å². The summed E-state index contributed by atoms with van der Waals surface area (Å²) >= 11 is 0. The van der Waals surface area contributed by atoms with Gasteiger partial charge >= 0.3 is 6.01 Å². The molecule has 6 heteroatoms. The lowest BCUT2D eigenvalue weighted by Crippen LogP contribution is -2.53. The first-order valence-electron chi connectivity index (χ1n) is 11.5. The van der Waals surface area contributed by atoms with E-state index in [1.54, 1.807) is 14.2 Å². The number of rotatable bonds is 3. The molecule has 5 rings (SSSR count). The number of nitrogens with zero attached hydrogens (tertiary/aromatic N) is 3. The van der Waals surface area contributed by atoms with Gasteiger partial charge in [-0.05, 0) is 60.8 Å². The van der Waals surface area contributed by atoms with Crippen LogP contribution in [0.3, 0.4) is 0 Å². The van der Waals surface area contributed by atoms with Gasteiger partial charge in [0.05, 0.1) is 19.8 Å². The second kappa shape index (κ2) is 7.07. The van der Waals surface area contributed by atoms with Crippen LogP contribution in [-0.2, 0) is 4.79 Å². The highest BCUT2D eigenvalue weighted by Gasteiger charge is 2.58. The Morgan fingerprint density at radius 2 is 1.87 bits per heavy atom. The van der Waals surface area contributed by atoms with Crippen LogP contribution in [0.25, 0.3) is 5.57 Å². The summed E-state index contributed by atoms with van der Waals surface area (Å²) in [5, 5.41) is 0. The van der Waals surface area contributed by atoms with Crippen molar-refractivity contribution in [1.29, 1.82) is 0 Å². The molecule has 166 valence electrons. The third kappa shape index (κ3) is 2.79. The average molecular weight is 424 g/mol. The van der Waals surface area contributed by atoms with Crippen molar-refractivity contribution in [2.45, 2.75) is 52.4 Å². The van der Waals surface area contributed by atoms with Gasteiger partial charge in [-0.3, -0.25) is 4.79 Å². The van der Waals surface area contributed by atoms with Crippen LogP contribution in [0.1, 0.15) is 57.9 Å². The Hall–Kier alpha value is -2.37. The summed E-state index contributed by atoms with van der Waals surface area (Å²) in [6.45, 7) is 4.83. The monoisotopic (exact) mass is 423 g/mol. The molecule has 2 heterocycles. The molecule has 0 radical (unpaired) electrons. The van der Waals surface area contributed by atoms with Gasteiger partial charge in [-0.15, -0.1) is 0 Å². The second-order valence-electron chi connectivity index (χ2n) is 10.2. The summed E-state index contributed by atoms with van der Waals surface area (Å²) in [6, 6.07) is 0.332. The van der Waals surface area contributed by atoms with Gasteiger partial charge in [0.25, 0.3) is 0 Å². The number of allylic oxidation sites excluding steroid dienone is 4. The summed E-state index contributed by atoms with van der Waals surface area (Å²) in [6.07, 6.45) is 12.7. The van der Waals surface area contributed by atoms with E-state index in [-0.39, 0.29) is 16.7 Å². The minimum absolute atomic E-state index is 0.0878. The molecule has 2 fully saturated rings. The van der Waals surface area contributed by atoms with Crippen LogP contribution >= 0.6 is 0 Å². The summed E-state index contributed by atoms with van der Waals surface area (Å²) in [4.78, 5) is 23.1. The molecule has 1 saturated heterocycles. The van der Waals surface area contributed by atoms with Crippen molar-refractivity contribution in [2.75, 3.05) is 21.3 Å². The zero-order valence-electron chi connectivity index (χ0n) is 19.3. The Bertz CT molecular complexity index is 986. The van der Waals surface area contributed by atoms with Gasteiger partial charge in [-0.2, -0.15) is 4.98 Å². The van der Waals surface area contributed by atoms with Crippen molar-refractivity contribution in [2.24, 2.45) is 28.6 Å². The number of hydrogen-bond donors (Lipinski definition) is 0. The van der Waals surface area contributed by atoms with E-state index in [1.165, 1.54) is 17.7 Å². The zero-order chi connectivity index (χ0) is 22.0. The zero-order valence-corrected chi connectivity index (χ0v) is 19.3. The molecule has 0 aromatic carbocycles. The van der Waals surface area contributed by atoms with Crippen molar-refractivity contribution >= 4 is 11.5 Å². The van der Waals surface area contributed by atoms with Gasteiger partial charge in [-0.25, -0.2) is 4.98 Å². The van der Waals surface area contributed by atoms with Gasteiger partial charge in [0.15, 0.2) is 0 Å². The first-order valence-corrected chi connectivity index (χ1v) is 11.5. The molecule has 4 aliphatic rings. The SMILES string of the molecule is COc1ncc(C2=CC[C@H]3[C@@H]4CC=C5N(C)C(=O)CC[C@]5(C)[C@H]4CC[C@]23C)c(OC)n1. The Labute approximate surface area is 184 Å². The predicted octanol–water partition coefficient (Wildman–Crippen LogP) is 4.48. The number of carbonyl (C=O) groups excluding carboxylic acids is 1. The van der Waals surface area contributed by atoms with Gasteiger partial charge in [-0.1, -0.05) is 26.0 Å².